The summed E-state index contributed by atoms with van der Waals surface area (Å²) in [6.07, 6.45) is 1.60. The van der Waals surface area contributed by atoms with Crippen molar-refractivity contribution >= 4 is 52.9 Å². The Morgan fingerprint density at radius 1 is 0.960 bits per heavy atom. The molecule has 25 heavy (non-hydrogen) atoms. The summed E-state index contributed by atoms with van der Waals surface area (Å²) in [4.78, 5) is 4.45. The highest BCUT2D eigenvalue weighted by Crippen LogP contribution is 2.39. The summed E-state index contributed by atoms with van der Waals surface area (Å²) in [6, 6.07) is 8.87. The van der Waals surface area contributed by atoms with Crippen LogP contribution in [0, 0.1) is 20.8 Å². The van der Waals surface area contributed by atoms with Gasteiger partial charge in [0.25, 0.3) is 0 Å². The first-order valence-electron chi connectivity index (χ1n) is 7.46. The SMILES string of the molecule is Cc1cc(C)c(S(=O)(=O)Oc2c(Br)cc(Br)c3cccnc23)cc1C. The molecule has 0 saturated heterocycles. The Balaban J connectivity index is 2.17. The van der Waals surface area contributed by atoms with Crippen molar-refractivity contribution in [2.45, 2.75) is 25.7 Å². The van der Waals surface area contributed by atoms with Crippen molar-refractivity contribution in [3.8, 4) is 5.75 Å². The number of rotatable bonds is 3. The van der Waals surface area contributed by atoms with E-state index in [9.17, 15) is 8.42 Å². The zero-order chi connectivity index (χ0) is 18.4. The molecule has 0 radical (unpaired) electrons. The van der Waals surface area contributed by atoms with Crippen molar-refractivity contribution in [2.24, 2.45) is 0 Å². The number of halogens is 2. The van der Waals surface area contributed by atoms with Crippen LogP contribution in [0.3, 0.4) is 0 Å². The van der Waals surface area contributed by atoms with Crippen molar-refractivity contribution in [2.75, 3.05) is 0 Å². The number of hydrogen-bond donors (Lipinski definition) is 0. The van der Waals surface area contributed by atoms with Gasteiger partial charge in [-0.2, -0.15) is 8.42 Å². The van der Waals surface area contributed by atoms with E-state index in [1.165, 1.54) is 0 Å². The van der Waals surface area contributed by atoms with Gasteiger partial charge in [-0.05, 0) is 71.6 Å². The number of hydrogen-bond acceptors (Lipinski definition) is 4. The van der Waals surface area contributed by atoms with Gasteiger partial charge in [0, 0.05) is 16.1 Å². The number of aromatic nitrogens is 1. The Kier molecular flexibility index (Phi) is 4.92. The van der Waals surface area contributed by atoms with E-state index in [2.05, 4.69) is 36.8 Å². The summed E-state index contributed by atoms with van der Waals surface area (Å²) in [7, 11) is -4.00. The highest BCUT2D eigenvalue weighted by Gasteiger charge is 2.24. The molecule has 1 aromatic heterocycles. The van der Waals surface area contributed by atoms with Crippen molar-refractivity contribution in [1.29, 1.82) is 0 Å². The highest BCUT2D eigenvalue weighted by molar-refractivity contribution is 9.11. The molecule has 7 heteroatoms. The second kappa shape index (κ2) is 6.70. The molecule has 3 rings (SSSR count). The third kappa shape index (κ3) is 3.45. The Labute approximate surface area is 163 Å². The molecule has 2 aromatic carbocycles. The lowest BCUT2D eigenvalue weighted by Crippen LogP contribution is -2.13. The fourth-order valence-electron chi connectivity index (χ4n) is 2.58. The molecule has 0 spiro atoms. The molecule has 0 aliphatic heterocycles. The molecule has 0 fully saturated rings. The van der Waals surface area contributed by atoms with E-state index in [4.69, 9.17) is 4.18 Å². The molecule has 0 saturated carbocycles. The minimum absolute atomic E-state index is 0.162. The Morgan fingerprint density at radius 3 is 2.36 bits per heavy atom. The van der Waals surface area contributed by atoms with Crippen LogP contribution in [0.1, 0.15) is 16.7 Å². The summed E-state index contributed by atoms with van der Waals surface area (Å²) in [5.74, 6) is 0.177. The number of aryl methyl sites for hydroxylation is 3. The van der Waals surface area contributed by atoms with Crippen LogP contribution in [0.15, 0.2) is 50.4 Å². The fourth-order valence-corrected chi connectivity index (χ4v) is 5.30. The van der Waals surface area contributed by atoms with Gasteiger partial charge in [-0.3, -0.25) is 4.98 Å². The molecule has 0 unspecified atom stereocenters. The maximum absolute atomic E-state index is 12.9. The van der Waals surface area contributed by atoms with Crippen molar-refractivity contribution < 1.29 is 12.6 Å². The van der Waals surface area contributed by atoms with Crippen LogP contribution in [-0.2, 0) is 10.1 Å². The van der Waals surface area contributed by atoms with Gasteiger partial charge < -0.3 is 4.18 Å². The zero-order valence-corrected chi connectivity index (χ0v) is 17.8. The minimum atomic E-state index is -4.00. The fraction of sp³-hybridized carbons (Fsp3) is 0.167. The normalized spacial score (nSPS) is 11.7. The zero-order valence-electron chi connectivity index (χ0n) is 13.8. The van der Waals surface area contributed by atoms with Crippen molar-refractivity contribution in [1.82, 2.24) is 4.98 Å². The van der Waals surface area contributed by atoms with Crippen molar-refractivity contribution in [3.05, 3.63) is 62.2 Å². The van der Waals surface area contributed by atoms with Gasteiger partial charge in [-0.1, -0.05) is 28.1 Å². The summed E-state index contributed by atoms with van der Waals surface area (Å²) in [5.41, 5.74) is 3.04. The van der Waals surface area contributed by atoms with Crippen molar-refractivity contribution in [3.63, 3.8) is 0 Å². The standard InChI is InChI=1S/C18H15Br2NO3S/c1-10-7-12(3)16(8-11(10)2)25(22,23)24-18-15(20)9-14(19)13-5-4-6-21-17(13)18/h4-9H,1-3H3. The Hall–Kier alpha value is -1.44. The molecule has 0 aliphatic carbocycles. The molecule has 0 amide bonds. The third-order valence-corrected chi connectivity index (χ3v) is 6.61. The number of pyridine rings is 1. The molecule has 0 atom stereocenters. The number of fused-ring (bicyclic) bond motifs is 1. The molecule has 4 nitrogen and oxygen atoms in total. The summed E-state index contributed by atoms with van der Waals surface area (Å²) < 4.78 is 32.6. The van der Waals surface area contributed by atoms with Crippen LogP contribution in [0.5, 0.6) is 5.75 Å². The predicted octanol–water partition coefficient (Wildman–Crippen LogP) is 5.45. The number of benzene rings is 2. The van der Waals surface area contributed by atoms with E-state index in [1.54, 1.807) is 31.3 Å². The van der Waals surface area contributed by atoms with E-state index in [0.29, 0.717) is 15.6 Å². The highest BCUT2D eigenvalue weighted by atomic mass is 79.9. The topological polar surface area (TPSA) is 56.3 Å². The van der Waals surface area contributed by atoms with E-state index in [1.807, 2.05) is 26.0 Å². The van der Waals surface area contributed by atoms with Crippen LogP contribution in [0.25, 0.3) is 10.9 Å². The lowest BCUT2D eigenvalue weighted by Gasteiger charge is -2.14. The number of nitrogens with zero attached hydrogens (tertiary/aromatic N) is 1. The molecule has 0 aliphatic rings. The minimum Gasteiger partial charge on any atom is -0.375 e. The largest absolute Gasteiger partial charge is 0.375 e. The van der Waals surface area contributed by atoms with E-state index in [0.717, 1.165) is 21.0 Å². The third-order valence-electron chi connectivity index (χ3n) is 4.00. The first-order chi connectivity index (χ1) is 11.7. The van der Waals surface area contributed by atoms with Gasteiger partial charge in [0.1, 0.15) is 10.4 Å². The lowest BCUT2D eigenvalue weighted by molar-refractivity contribution is 0.486. The van der Waals surface area contributed by atoms with Crippen LogP contribution < -0.4 is 4.18 Å². The van der Waals surface area contributed by atoms with Crippen LogP contribution in [0.4, 0.5) is 0 Å². The first-order valence-corrected chi connectivity index (χ1v) is 10.4. The first kappa shape index (κ1) is 18.4. The smallest absolute Gasteiger partial charge is 0.339 e. The predicted molar refractivity (Wildman–Crippen MR) is 106 cm³/mol. The quantitative estimate of drug-likeness (QED) is 0.463. The summed E-state index contributed by atoms with van der Waals surface area (Å²) in [5, 5.41) is 0.771. The monoisotopic (exact) mass is 483 g/mol. The summed E-state index contributed by atoms with van der Waals surface area (Å²) >= 11 is 6.84. The van der Waals surface area contributed by atoms with Crippen LogP contribution >= 0.6 is 31.9 Å². The van der Waals surface area contributed by atoms with Gasteiger partial charge in [0.05, 0.1) is 4.47 Å². The molecule has 3 aromatic rings. The van der Waals surface area contributed by atoms with E-state index < -0.39 is 10.1 Å². The van der Waals surface area contributed by atoms with Gasteiger partial charge in [0.2, 0.25) is 0 Å². The molecule has 130 valence electrons. The van der Waals surface area contributed by atoms with Gasteiger partial charge in [-0.15, -0.1) is 0 Å². The van der Waals surface area contributed by atoms with Crippen LogP contribution in [0.2, 0.25) is 0 Å². The van der Waals surface area contributed by atoms with Gasteiger partial charge >= 0.3 is 10.1 Å². The molecule has 0 bridgehead atoms. The van der Waals surface area contributed by atoms with Gasteiger partial charge in [-0.25, -0.2) is 0 Å². The molecular weight excluding hydrogens is 470 g/mol. The summed E-state index contributed by atoms with van der Waals surface area (Å²) in [6.45, 7) is 5.58. The Morgan fingerprint density at radius 2 is 1.64 bits per heavy atom. The lowest BCUT2D eigenvalue weighted by atomic mass is 10.1. The Bertz CT molecular complexity index is 1100. The average Bonchev–Trinajstić information content (AvgIpc) is 2.54. The molecular formula is C18H15Br2NO3S. The maximum atomic E-state index is 12.9. The van der Waals surface area contributed by atoms with E-state index in [-0.39, 0.29) is 10.6 Å². The second-order valence-corrected chi connectivity index (χ2v) is 9.03. The second-order valence-electron chi connectivity index (χ2n) is 5.81. The average molecular weight is 485 g/mol. The molecule has 1 heterocycles. The van der Waals surface area contributed by atoms with Crippen LogP contribution in [-0.4, -0.2) is 13.4 Å². The van der Waals surface area contributed by atoms with E-state index >= 15 is 0 Å². The van der Waals surface area contributed by atoms with Gasteiger partial charge in [0.15, 0.2) is 5.75 Å². The molecule has 0 N–H and O–H groups in total. The maximum Gasteiger partial charge on any atom is 0.339 e.